The van der Waals surface area contributed by atoms with E-state index in [2.05, 4.69) is 5.10 Å². The van der Waals surface area contributed by atoms with Crippen LogP contribution in [0.1, 0.15) is 75.4 Å². The molecule has 3 rings (SSSR count). The molecule has 0 spiro atoms. The summed E-state index contributed by atoms with van der Waals surface area (Å²) in [6.07, 6.45) is 11.0. The van der Waals surface area contributed by atoms with Crippen LogP contribution in [0.15, 0.2) is 0 Å². The van der Waals surface area contributed by atoms with Crippen LogP contribution >= 0.6 is 0 Å². The third-order valence-corrected chi connectivity index (χ3v) is 4.69. The van der Waals surface area contributed by atoms with E-state index < -0.39 is 0 Å². The van der Waals surface area contributed by atoms with Gasteiger partial charge in [0.1, 0.15) is 5.82 Å². The molecule has 0 atom stereocenters. The molecular weight excluding hydrogens is 224 g/mol. The monoisotopic (exact) mass is 248 g/mol. The van der Waals surface area contributed by atoms with E-state index in [0.717, 1.165) is 24.5 Å². The lowest BCUT2D eigenvalue weighted by molar-refractivity contribution is 0.278. The normalized spacial score (nSPS) is 24.6. The lowest BCUT2D eigenvalue weighted by atomic mass is 9.82. The second kappa shape index (κ2) is 4.65. The summed E-state index contributed by atoms with van der Waals surface area (Å²) in [5, 5.41) is 4.64. The Morgan fingerprint density at radius 3 is 2.44 bits per heavy atom. The fourth-order valence-electron chi connectivity index (χ4n) is 3.60. The van der Waals surface area contributed by atoms with Crippen LogP contribution in [-0.4, -0.2) is 14.8 Å². The SMILES string of the molecule is Cn1nc(C2CCCC2)nc1C1(N)CCCCC1. The molecule has 1 aromatic heterocycles. The molecule has 0 aromatic carbocycles. The van der Waals surface area contributed by atoms with E-state index in [4.69, 9.17) is 10.7 Å². The van der Waals surface area contributed by atoms with Gasteiger partial charge in [0.15, 0.2) is 5.82 Å². The maximum atomic E-state index is 6.57. The summed E-state index contributed by atoms with van der Waals surface area (Å²) >= 11 is 0. The zero-order valence-corrected chi connectivity index (χ0v) is 11.4. The molecule has 2 N–H and O–H groups in total. The van der Waals surface area contributed by atoms with Crippen molar-refractivity contribution < 1.29 is 0 Å². The first-order valence-electron chi connectivity index (χ1n) is 7.39. The third kappa shape index (κ3) is 2.07. The molecule has 0 amide bonds. The second-order valence-electron chi connectivity index (χ2n) is 6.12. The minimum absolute atomic E-state index is 0.225. The average molecular weight is 248 g/mol. The van der Waals surface area contributed by atoms with Crippen LogP contribution in [0.3, 0.4) is 0 Å². The summed E-state index contributed by atoms with van der Waals surface area (Å²) in [5.74, 6) is 2.64. The first kappa shape index (κ1) is 12.2. The zero-order valence-electron chi connectivity index (χ0n) is 11.4. The van der Waals surface area contributed by atoms with Gasteiger partial charge < -0.3 is 5.73 Å². The molecule has 2 aliphatic rings. The number of hydrogen-bond acceptors (Lipinski definition) is 3. The molecule has 0 aliphatic heterocycles. The van der Waals surface area contributed by atoms with E-state index in [1.54, 1.807) is 0 Å². The minimum Gasteiger partial charge on any atom is -0.319 e. The summed E-state index contributed by atoms with van der Waals surface area (Å²) in [6.45, 7) is 0. The van der Waals surface area contributed by atoms with Crippen molar-refractivity contribution in [2.24, 2.45) is 12.8 Å². The van der Waals surface area contributed by atoms with Crippen molar-refractivity contribution in [1.29, 1.82) is 0 Å². The summed E-state index contributed by atoms with van der Waals surface area (Å²) in [7, 11) is 2.00. The molecule has 4 heteroatoms. The fraction of sp³-hybridized carbons (Fsp3) is 0.857. The Morgan fingerprint density at radius 2 is 1.78 bits per heavy atom. The molecule has 0 unspecified atom stereocenters. The van der Waals surface area contributed by atoms with Gasteiger partial charge in [-0.1, -0.05) is 32.1 Å². The van der Waals surface area contributed by atoms with Crippen molar-refractivity contribution in [3.8, 4) is 0 Å². The summed E-state index contributed by atoms with van der Waals surface area (Å²) in [6, 6.07) is 0. The number of rotatable bonds is 2. The highest BCUT2D eigenvalue weighted by atomic mass is 15.3. The predicted molar refractivity (Wildman–Crippen MR) is 71.2 cm³/mol. The molecular formula is C14H24N4. The number of aromatic nitrogens is 3. The second-order valence-corrected chi connectivity index (χ2v) is 6.12. The van der Waals surface area contributed by atoms with Gasteiger partial charge in [-0.05, 0) is 25.7 Å². The van der Waals surface area contributed by atoms with Crippen LogP contribution in [0.5, 0.6) is 0 Å². The Labute approximate surface area is 109 Å². The van der Waals surface area contributed by atoms with Gasteiger partial charge in [-0.3, -0.25) is 4.68 Å². The molecule has 2 fully saturated rings. The number of nitrogens with two attached hydrogens (primary N) is 1. The van der Waals surface area contributed by atoms with Gasteiger partial charge in [-0.15, -0.1) is 0 Å². The lowest BCUT2D eigenvalue weighted by Gasteiger charge is -2.32. The average Bonchev–Trinajstić information content (AvgIpc) is 2.98. The Morgan fingerprint density at radius 1 is 1.11 bits per heavy atom. The van der Waals surface area contributed by atoms with Crippen LogP contribution in [-0.2, 0) is 12.6 Å². The maximum absolute atomic E-state index is 6.57. The smallest absolute Gasteiger partial charge is 0.154 e. The van der Waals surface area contributed by atoms with Crippen molar-refractivity contribution in [1.82, 2.24) is 14.8 Å². The van der Waals surface area contributed by atoms with Gasteiger partial charge in [0, 0.05) is 13.0 Å². The van der Waals surface area contributed by atoms with Crippen molar-refractivity contribution in [2.75, 3.05) is 0 Å². The molecule has 2 aliphatic carbocycles. The van der Waals surface area contributed by atoms with Gasteiger partial charge >= 0.3 is 0 Å². The molecule has 2 saturated carbocycles. The van der Waals surface area contributed by atoms with Gasteiger partial charge in [-0.25, -0.2) is 4.98 Å². The molecule has 1 aromatic rings. The Hall–Kier alpha value is -0.900. The van der Waals surface area contributed by atoms with Crippen molar-refractivity contribution in [3.05, 3.63) is 11.6 Å². The van der Waals surface area contributed by atoms with Crippen LogP contribution in [0, 0.1) is 0 Å². The molecule has 100 valence electrons. The number of aryl methyl sites for hydroxylation is 1. The number of nitrogens with zero attached hydrogens (tertiary/aromatic N) is 3. The van der Waals surface area contributed by atoms with Gasteiger partial charge in [0.2, 0.25) is 0 Å². The largest absolute Gasteiger partial charge is 0.319 e. The minimum atomic E-state index is -0.225. The first-order valence-corrected chi connectivity index (χ1v) is 7.39. The fourth-order valence-corrected chi connectivity index (χ4v) is 3.60. The third-order valence-electron chi connectivity index (χ3n) is 4.69. The molecule has 18 heavy (non-hydrogen) atoms. The summed E-state index contributed by atoms with van der Waals surface area (Å²) < 4.78 is 1.94. The summed E-state index contributed by atoms with van der Waals surface area (Å²) in [5.41, 5.74) is 6.34. The quantitative estimate of drug-likeness (QED) is 0.875. The molecule has 1 heterocycles. The predicted octanol–water partition coefficient (Wildman–Crippen LogP) is 2.59. The topological polar surface area (TPSA) is 56.7 Å². The first-order chi connectivity index (χ1) is 8.69. The molecule has 0 bridgehead atoms. The molecule has 0 radical (unpaired) electrons. The van der Waals surface area contributed by atoms with E-state index in [1.807, 2.05) is 11.7 Å². The van der Waals surface area contributed by atoms with E-state index in [1.165, 1.54) is 44.9 Å². The van der Waals surface area contributed by atoms with E-state index in [9.17, 15) is 0 Å². The van der Waals surface area contributed by atoms with Crippen molar-refractivity contribution in [2.45, 2.75) is 69.2 Å². The van der Waals surface area contributed by atoms with Crippen LogP contribution in [0.25, 0.3) is 0 Å². The lowest BCUT2D eigenvalue weighted by Crippen LogP contribution is -2.41. The van der Waals surface area contributed by atoms with Gasteiger partial charge in [0.25, 0.3) is 0 Å². The molecule has 0 saturated heterocycles. The summed E-state index contributed by atoms with van der Waals surface area (Å²) in [4.78, 5) is 4.81. The maximum Gasteiger partial charge on any atom is 0.154 e. The van der Waals surface area contributed by atoms with E-state index in [0.29, 0.717) is 5.92 Å². The Kier molecular flexibility index (Phi) is 3.14. The Balaban J connectivity index is 1.87. The number of hydrogen-bond donors (Lipinski definition) is 1. The Bertz CT molecular complexity index is 411. The highest BCUT2D eigenvalue weighted by Crippen LogP contribution is 2.36. The van der Waals surface area contributed by atoms with Crippen molar-refractivity contribution >= 4 is 0 Å². The highest BCUT2D eigenvalue weighted by molar-refractivity contribution is 5.11. The van der Waals surface area contributed by atoms with Gasteiger partial charge in [-0.2, -0.15) is 5.10 Å². The van der Waals surface area contributed by atoms with E-state index >= 15 is 0 Å². The van der Waals surface area contributed by atoms with Crippen LogP contribution in [0.4, 0.5) is 0 Å². The van der Waals surface area contributed by atoms with Crippen LogP contribution < -0.4 is 5.73 Å². The zero-order chi connectivity index (χ0) is 12.6. The molecule has 4 nitrogen and oxygen atoms in total. The van der Waals surface area contributed by atoms with Crippen LogP contribution in [0.2, 0.25) is 0 Å². The standard InChI is InChI=1S/C14H24N4/c1-18-13(14(15)9-5-2-6-10-14)16-12(17-18)11-7-3-4-8-11/h11H,2-10,15H2,1H3. The highest BCUT2D eigenvalue weighted by Gasteiger charge is 2.35. The van der Waals surface area contributed by atoms with E-state index in [-0.39, 0.29) is 5.54 Å². The van der Waals surface area contributed by atoms with Gasteiger partial charge in [0.05, 0.1) is 5.54 Å². The van der Waals surface area contributed by atoms with Crippen molar-refractivity contribution in [3.63, 3.8) is 0 Å².